The van der Waals surface area contributed by atoms with E-state index in [1.54, 1.807) is 36.9 Å². The number of carbonyl (C=O) groups is 1. The number of aromatic nitrogens is 3. The van der Waals surface area contributed by atoms with Crippen LogP contribution in [0, 0.1) is 0 Å². The molecule has 120 valence electrons. The number of aryl methyl sites for hydroxylation is 1. The standard InChI is InChI=1S/C13H16ClN5OS.ClH/c1-13(2,15)11(20)17-8-4-5-10(9(14)6-8)21-12-18-16-7-19(12)3;/h4-7H,15H2,1-3H3,(H,17,20);1H. The van der Waals surface area contributed by atoms with E-state index in [0.717, 1.165) is 10.1 Å². The Morgan fingerprint density at radius 1 is 1.45 bits per heavy atom. The number of carbonyl (C=O) groups excluding carboxylic acids is 1. The Morgan fingerprint density at radius 3 is 2.64 bits per heavy atom. The van der Waals surface area contributed by atoms with Crippen LogP contribution in [0.15, 0.2) is 34.6 Å². The number of nitrogens with zero attached hydrogens (tertiary/aromatic N) is 3. The van der Waals surface area contributed by atoms with Gasteiger partial charge in [0.15, 0.2) is 5.16 Å². The van der Waals surface area contributed by atoms with Crippen molar-refractivity contribution >= 4 is 47.4 Å². The summed E-state index contributed by atoms with van der Waals surface area (Å²) in [5, 5.41) is 11.8. The molecule has 0 saturated heterocycles. The summed E-state index contributed by atoms with van der Waals surface area (Å²) in [7, 11) is 1.86. The highest BCUT2D eigenvalue weighted by molar-refractivity contribution is 7.99. The molecular formula is C13H17Cl2N5OS. The van der Waals surface area contributed by atoms with Gasteiger partial charge in [0.1, 0.15) is 6.33 Å². The van der Waals surface area contributed by atoms with Crippen molar-refractivity contribution in [1.82, 2.24) is 14.8 Å². The predicted molar refractivity (Wildman–Crippen MR) is 90.7 cm³/mol. The first kappa shape index (κ1) is 18.8. The molecule has 2 rings (SSSR count). The summed E-state index contributed by atoms with van der Waals surface area (Å²) in [6.45, 7) is 3.28. The number of amides is 1. The van der Waals surface area contributed by atoms with Crippen molar-refractivity contribution in [3.05, 3.63) is 29.5 Å². The minimum atomic E-state index is -0.946. The zero-order valence-corrected chi connectivity index (χ0v) is 14.7. The summed E-state index contributed by atoms with van der Waals surface area (Å²) in [6, 6.07) is 5.28. The molecule has 1 heterocycles. The van der Waals surface area contributed by atoms with Gasteiger partial charge in [-0.15, -0.1) is 22.6 Å². The van der Waals surface area contributed by atoms with Gasteiger partial charge in [0.2, 0.25) is 5.91 Å². The van der Waals surface area contributed by atoms with Crippen LogP contribution in [0.1, 0.15) is 13.8 Å². The van der Waals surface area contributed by atoms with Crippen LogP contribution in [0.4, 0.5) is 5.69 Å². The zero-order valence-electron chi connectivity index (χ0n) is 12.3. The second-order valence-electron chi connectivity index (χ2n) is 5.15. The first-order valence-corrected chi connectivity index (χ1v) is 7.38. The van der Waals surface area contributed by atoms with E-state index < -0.39 is 5.54 Å². The summed E-state index contributed by atoms with van der Waals surface area (Å²) < 4.78 is 1.80. The van der Waals surface area contributed by atoms with E-state index in [1.807, 2.05) is 13.1 Å². The van der Waals surface area contributed by atoms with Crippen LogP contribution in [0.25, 0.3) is 0 Å². The molecule has 9 heteroatoms. The molecule has 0 radical (unpaired) electrons. The molecule has 0 aliphatic carbocycles. The molecule has 0 spiro atoms. The Kier molecular flexibility index (Phi) is 6.25. The first-order chi connectivity index (χ1) is 9.77. The van der Waals surface area contributed by atoms with Gasteiger partial charge in [-0.25, -0.2) is 0 Å². The maximum atomic E-state index is 11.8. The molecule has 0 aliphatic rings. The highest BCUT2D eigenvalue weighted by atomic mass is 35.5. The van der Waals surface area contributed by atoms with Gasteiger partial charge in [0, 0.05) is 17.6 Å². The molecule has 6 nitrogen and oxygen atoms in total. The van der Waals surface area contributed by atoms with Gasteiger partial charge in [-0.3, -0.25) is 4.79 Å². The smallest absolute Gasteiger partial charge is 0.243 e. The van der Waals surface area contributed by atoms with Gasteiger partial charge < -0.3 is 15.6 Å². The quantitative estimate of drug-likeness (QED) is 0.874. The van der Waals surface area contributed by atoms with Crippen molar-refractivity contribution < 1.29 is 4.79 Å². The van der Waals surface area contributed by atoms with Crippen molar-refractivity contribution in [1.29, 1.82) is 0 Å². The molecule has 3 N–H and O–H groups in total. The lowest BCUT2D eigenvalue weighted by atomic mass is 10.1. The Hall–Kier alpha value is -1.28. The molecule has 0 bridgehead atoms. The SMILES string of the molecule is Cl.Cn1cnnc1Sc1ccc(NC(=O)C(C)(C)N)cc1Cl. The van der Waals surface area contributed by atoms with Crippen molar-refractivity contribution in [3.8, 4) is 0 Å². The number of anilines is 1. The van der Waals surface area contributed by atoms with Crippen LogP contribution >= 0.6 is 35.8 Å². The molecule has 0 saturated carbocycles. The molecule has 2 aromatic rings. The lowest BCUT2D eigenvalue weighted by Gasteiger charge is -2.18. The number of nitrogens with one attached hydrogen (secondary N) is 1. The summed E-state index contributed by atoms with van der Waals surface area (Å²) in [5.41, 5.74) is 5.39. The third-order valence-electron chi connectivity index (χ3n) is 2.65. The van der Waals surface area contributed by atoms with Gasteiger partial charge in [-0.05, 0) is 43.8 Å². The number of halogens is 2. The fourth-order valence-electron chi connectivity index (χ4n) is 1.42. The number of hydrogen-bond acceptors (Lipinski definition) is 5. The minimum Gasteiger partial charge on any atom is -0.324 e. The van der Waals surface area contributed by atoms with Crippen LogP contribution in [-0.2, 0) is 11.8 Å². The van der Waals surface area contributed by atoms with Crippen LogP contribution < -0.4 is 11.1 Å². The van der Waals surface area contributed by atoms with Gasteiger partial charge in [0.05, 0.1) is 10.6 Å². The minimum absolute atomic E-state index is 0. The van der Waals surface area contributed by atoms with E-state index >= 15 is 0 Å². The average Bonchev–Trinajstić information content (AvgIpc) is 2.77. The van der Waals surface area contributed by atoms with E-state index in [0.29, 0.717) is 10.7 Å². The molecule has 0 fully saturated rings. The molecular weight excluding hydrogens is 345 g/mol. The summed E-state index contributed by atoms with van der Waals surface area (Å²) in [6.07, 6.45) is 1.62. The Labute approximate surface area is 144 Å². The fourth-order valence-corrected chi connectivity index (χ4v) is 2.48. The molecule has 1 aromatic carbocycles. The van der Waals surface area contributed by atoms with Crippen molar-refractivity contribution in [3.63, 3.8) is 0 Å². The van der Waals surface area contributed by atoms with Crippen molar-refractivity contribution in [2.45, 2.75) is 29.4 Å². The lowest BCUT2D eigenvalue weighted by molar-refractivity contribution is -0.120. The Morgan fingerprint density at radius 2 is 2.14 bits per heavy atom. The van der Waals surface area contributed by atoms with Gasteiger partial charge in [-0.1, -0.05) is 11.6 Å². The number of hydrogen-bond donors (Lipinski definition) is 2. The normalized spacial score (nSPS) is 11.0. The summed E-state index contributed by atoms with van der Waals surface area (Å²) >= 11 is 7.64. The molecule has 1 aromatic heterocycles. The van der Waals surface area contributed by atoms with E-state index in [2.05, 4.69) is 15.5 Å². The van der Waals surface area contributed by atoms with E-state index in [-0.39, 0.29) is 18.3 Å². The van der Waals surface area contributed by atoms with Crippen LogP contribution in [0.3, 0.4) is 0 Å². The van der Waals surface area contributed by atoms with Crippen LogP contribution in [0.2, 0.25) is 5.02 Å². The molecule has 0 aliphatic heterocycles. The predicted octanol–water partition coefficient (Wildman–Crippen LogP) is 2.72. The topological polar surface area (TPSA) is 85.8 Å². The van der Waals surface area contributed by atoms with E-state index in [9.17, 15) is 4.79 Å². The Balaban J connectivity index is 0.00000242. The van der Waals surface area contributed by atoms with Gasteiger partial charge in [-0.2, -0.15) is 0 Å². The highest BCUT2D eigenvalue weighted by Crippen LogP contribution is 2.33. The summed E-state index contributed by atoms with van der Waals surface area (Å²) in [4.78, 5) is 12.7. The van der Waals surface area contributed by atoms with Crippen LogP contribution in [-0.4, -0.2) is 26.2 Å². The van der Waals surface area contributed by atoms with Crippen molar-refractivity contribution in [2.24, 2.45) is 12.8 Å². The fraction of sp³-hybridized carbons (Fsp3) is 0.308. The van der Waals surface area contributed by atoms with Crippen LogP contribution in [0.5, 0.6) is 0 Å². The molecule has 0 atom stereocenters. The van der Waals surface area contributed by atoms with Crippen molar-refractivity contribution in [2.75, 3.05) is 5.32 Å². The lowest BCUT2D eigenvalue weighted by Crippen LogP contribution is -2.45. The van der Waals surface area contributed by atoms with Gasteiger partial charge in [0.25, 0.3) is 0 Å². The van der Waals surface area contributed by atoms with E-state index in [1.165, 1.54) is 11.8 Å². The maximum absolute atomic E-state index is 11.8. The third-order valence-corrected chi connectivity index (χ3v) is 4.20. The highest BCUT2D eigenvalue weighted by Gasteiger charge is 2.22. The second-order valence-corrected chi connectivity index (χ2v) is 6.56. The first-order valence-electron chi connectivity index (χ1n) is 6.19. The monoisotopic (exact) mass is 361 g/mol. The molecule has 1 amide bonds. The largest absolute Gasteiger partial charge is 0.324 e. The average molecular weight is 362 g/mol. The number of benzene rings is 1. The zero-order chi connectivity index (χ0) is 15.6. The van der Waals surface area contributed by atoms with Gasteiger partial charge >= 0.3 is 0 Å². The Bertz CT molecular complexity index is 669. The van der Waals surface area contributed by atoms with E-state index in [4.69, 9.17) is 17.3 Å². The second kappa shape index (κ2) is 7.32. The third kappa shape index (κ3) is 4.61. The molecule has 0 unspecified atom stereocenters. The molecule has 22 heavy (non-hydrogen) atoms. The number of nitrogens with two attached hydrogens (primary N) is 1. The number of rotatable bonds is 4. The summed E-state index contributed by atoms with van der Waals surface area (Å²) in [5.74, 6) is -0.271. The maximum Gasteiger partial charge on any atom is 0.243 e.